The summed E-state index contributed by atoms with van der Waals surface area (Å²) in [5.74, 6) is -0.499. The van der Waals surface area contributed by atoms with Gasteiger partial charge in [0.05, 0.1) is 15.5 Å². The van der Waals surface area contributed by atoms with E-state index in [4.69, 9.17) is 23.2 Å². The fourth-order valence-corrected chi connectivity index (χ4v) is 2.87. The number of sulfone groups is 1. The first-order valence-electron chi connectivity index (χ1n) is 6.26. The molecule has 0 saturated carbocycles. The maximum absolute atomic E-state index is 12.3. The lowest BCUT2D eigenvalue weighted by Crippen LogP contribution is -2.14. The molecule has 0 saturated heterocycles. The second-order valence-corrected chi connectivity index (χ2v) is 7.61. The average Bonchev–Trinajstić information content (AvgIpc) is 2.43. The molecular formula is C15H13Cl2NO3S. The highest BCUT2D eigenvalue weighted by molar-refractivity contribution is 7.90. The van der Waals surface area contributed by atoms with Gasteiger partial charge in [0.15, 0.2) is 9.84 Å². The van der Waals surface area contributed by atoms with Gasteiger partial charge in [0.1, 0.15) is 0 Å². The maximum Gasteiger partial charge on any atom is 0.257 e. The largest absolute Gasteiger partial charge is 0.322 e. The molecule has 7 heteroatoms. The summed E-state index contributed by atoms with van der Waals surface area (Å²) in [5.41, 5.74) is 1.34. The van der Waals surface area contributed by atoms with Crippen molar-refractivity contribution in [2.75, 3.05) is 11.6 Å². The summed E-state index contributed by atoms with van der Waals surface area (Å²) < 4.78 is 23.2. The molecule has 22 heavy (non-hydrogen) atoms. The first-order valence-corrected chi connectivity index (χ1v) is 8.91. The maximum atomic E-state index is 12.3. The average molecular weight is 358 g/mol. The van der Waals surface area contributed by atoms with Crippen LogP contribution in [-0.2, 0) is 9.84 Å². The number of rotatable bonds is 3. The Hall–Kier alpha value is -1.56. The van der Waals surface area contributed by atoms with Gasteiger partial charge in [0.25, 0.3) is 5.91 Å². The topological polar surface area (TPSA) is 63.2 Å². The van der Waals surface area contributed by atoms with E-state index >= 15 is 0 Å². The molecule has 116 valence electrons. The van der Waals surface area contributed by atoms with E-state index in [1.807, 2.05) is 0 Å². The van der Waals surface area contributed by atoms with Gasteiger partial charge in [0, 0.05) is 17.0 Å². The lowest BCUT2D eigenvalue weighted by atomic mass is 10.1. The van der Waals surface area contributed by atoms with Crippen molar-refractivity contribution in [3.05, 3.63) is 57.6 Å². The van der Waals surface area contributed by atoms with Crippen LogP contribution in [0.3, 0.4) is 0 Å². The van der Waals surface area contributed by atoms with Crippen LogP contribution in [0, 0.1) is 6.92 Å². The first-order chi connectivity index (χ1) is 10.2. The monoisotopic (exact) mass is 357 g/mol. The highest BCUT2D eigenvalue weighted by Gasteiger charge is 2.16. The van der Waals surface area contributed by atoms with Crippen LogP contribution in [0.2, 0.25) is 10.0 Å². The third kappa shape index (κ3) is 3.61. The molecule has 2 aromatic carbocycles. The standard InChI is InChI=1S/C15H13Cl2NO3S/c1-9-12(16)4-3-5-14(9)18-15(19)11-8-10(22(2,20)21)6-7-13(11)17/h3-8H,1-2H3,(H,18,19). The van der Waals surface area contributed by atoms with E-state index in [1.165, 1.54) is 18.2 Å². The van der Waals surface area contributed by atoms with E-state index < -0.39 is 15.7 Å². The summed E-state index contributed by atoms with van der Waals surface area (Å²) in [5, 5.41) is 3.38. The minimum Gasteiger partial charge on any atom is -0.322 e. The molecule has 1 amide bonds. The fourth-order valence-electron chi connectivity index (χ4n) is 1.84. The van der Waals surface area contributed by atoms with Gasteiger partial charge >= 0.3 is 0 Å². The Balaban J connectivity index is 2.40. The van der Waals surface area contributed by atoms with Crippen molar-refractivity contribution in [2.24, 2.45) is 0 Å². The van der Waals surface area contributed by atoms with Crippen molar-refractivity contribution in [3.8, 4) is 0 Å². The van der Waals surface area contributed by atoms with Gasteiger partial charge in [-0.3, -0.25) is 4.79 Å². The molecular weight excluding hydrogens is 345 g/mol. The van der Waals surface area contributed by atoms with Crippen LogP contribution in [-0.4, -0.2) is 20.6 Å². The zero-order valence-electron chi connectivity index (χ0n) is 11.9. The van der Waals surface area contributed by atoms with Gasteiger partial charge in [-0.15, -0.1) is 0 Å². The van der Waals surface area contributed by atoms with Crippen molar-refractivity contribution in [1.29, 1.82) is 0 Å². The van der Waals surface area contributed by atoms with Crippen LogP contribution in [0.25, 0.3) is 0 Å². The number of nitrogens with one attached hydrogen (secondary N) is 1. The van der Waals surface area contributed by atoms with Gasteiger partial charge in [-0.2, -0.15) is 0 Å². The third-order valence-corrected chi connectivity index (χ3v) is 4.98. The van der Waals surface area contributed by atoms with E-state index in [0.29, 0.717) is 16.3 Å². The number of amides is 1. The molecule has 0 aliphatic heterocycles. The van der Waals surface area contributed by atoms with Gasteiger partial charge < -0.3 is 5.32 Å². The van der Waals surface area contributed by atoms with Crippen LogP contribution in [0.15, 0.2) is 41.3 Å². The molecule has 0 aliphatic carbocycles. The fraction of sp³-hybridized carbons (Fsp3) is 0.133. The molecule has 0 spiro atoms. The zero-order valence-corrected chi connectivity index (χ0v) is 14.2. The summed E-state index contributed by atoms with van der Waals surface area (Å²) in [6.45, 7) is 1.77. The molecule has 4 nitrogen and oxygen atoms in total. The molecule has 0 bridgehead atoms. The summed E-state index contributed by atoms with van der Waals surface area (Å²) in [7, 11) is -3.42. The van der Waals surface area contributed by atoms with Crippen molar-refractivity contribution in [1.82, 2.24) is 0 Å². The van der Waals surface area contributed by atoms with Gasteiger partial charge in [0.2, 0.25) is 0 Å². The number of anilines is 1. The Kier molecular flexibility index (Phi) is 4.80. The Morgan fingerprint density at radius 3 is 2.41 bits per heavy atom. The molecule has 2 rings (SSSR count). The number of benzene rings is 2. The van der Waals surface area contributed by atoms with Gasteiger partial charge in [-0.25, -0.2) is 8.42 Å². The molecule has 0 unspecified atom stereocenters. The summed E-state index contributed by atoms with van der Waals surface area (Å²) in [6, 6.07) is 9.13. The quantitative estimate of drug-likeness (QED) is 0.903. The Morgan fingerprint density at radius 1 is 1.09 bits per heavy atom. The molecule has 0 aliphatic rings. The minimum absolute atomic E-state index is 0.0323. The summed E-state index contributed by atoms with van der Waals surface area (Å²) in [6.07, 6.45) is 1.07. The minimum atomic E-state index is -3.42. The second-order valence-electron chi connectivity index (χ2n) is 4.78. The molecule has 0 heterocycles. The van der Waals surface area contributed by atoms with E-state index in [1.54, 1.807) is 25.1 Å². The van der Waals surface area contributed by atoms with Crippen molar-refractivity contribution in [2.45, 2.75) is 11.8 Å². The van der Waals surface area contributed by atoms with E-state index in [0.717, 1.165) is 6.26 Å². The van der Waals surface area contributed by atoms with Crippen LogP contribution in [0.4, 0.5) is 5.69 Å². The zero-order chi connectivity index (χ0) is 16.5. The van der Waals surface area contributed by atoms with E-state index in [9.17, 15) is 13.2 Å². The lowest BCUT2D eigenvalue weighted by molar-refractivity contribution is 0.102. The molecule has 0 fully saturated rings. The predicted octanol–water partition coefficient (Wildman–Crippen LogP) is 3.96. The molecule has 0 radical (unpaired) electrons. The number of carbonyl (C=O) groups is 1. The molecule has 2 aromatic rings. The Morgan fingerprint density at radius 2 is 1.77 bits per heavy atom. The first kappa shape index (κ1) is 16.8. The highest BCUT2D eigenvalue weighted by atomic mass is 35.5. The Labute approximate surface area is 139 Å². The normalized spacial score (nSPS) is 11.3. The SMILES string of the molecule is Cc1c(Cl)cccc1NC(=O)c1cc(S(C)(=O)=O)ccc1Cl. The molecule has 0 atom stereocenters. The van der Waals surface area contributed by atoms with Crippen molar-refractivity contribution >= 4 is 44.6 Å². The van der Waals surface area contributed by atoms with Crippen molar-refractivity contribution in [3.63, 3.8) is 0 Å². The molecule has 1 N–H and O–H groups in total. The van der Waals surface area contributed by atoms with Crippen LogP contribution in [0.1, 0.15) is 15.9 Å². The number of halogens is 2. The van der Waals surface area contributed by atoms with Crippen LogP contribution < -0.4 is 5.32 Å². The van der Waals surface area contributed by atoms with Gasteiger partial charge in [-0.1, -0.05) is 29.3 Å². The van der Waals surface area contributed by atoms with Crippen molar-refractivity contribution < 1.29 is 13.2 Å². The van der Waals surface area contributed by atoms with E-state index in [-0.39, 0.29) is 15.5 Å². The van der Waals surface area contributed by atoms with Gasteiger partial charge in [-0.05, 0) is 42.8 Å². The highest BCUT2D eigenvalue weighted by Crippen LogP contribution is 2.25. The lowest BCUT2D eigenvalue weighted by Gasteiger charge is -2.11. The van der Waals surface area contributed by atoms with Crippen LogP contribution >= 0.6 is 23.2 Å². The molecule has 0 aromatic heterocycles. The van der Waals surface area contributed by atoms with Crippen LogP contribution in [0.5, 0.6) is 0 Å². The number of carbonyl (C=O) groups excluding carboxylic acids is 1. The second kappa shape index (κ2) is 6.28. The predicted molar refractivity (Wildman–Crippen MR) is 88.7 cm³/mol. The number of hydrogen-bond acceptors (Lipinski definition) is 3. The smallest absolute Gasteiger partial charge is 0.257 e. The summed E-state index contributed by atoms with van der Waals surface area (Å²) >= 11 is 12.0. The third-order valence-electron chi connectivity index (χ3n) is 3.13. The van der Waals surface area contributed by atoms with E-state index in [2.05, 4.69) is 5.32 Å². The summed E-state index contributed by atoms with van der Waals surface area (Å²) in [4.78, 5) is 12.4. The Bertz CT molecular complexity index is 848. The number of hydrogen-bond donors (Lipinski definition) is 1.